The molecule has 0 unspecified atom stereocenters. The van der Waals surface area contributed by atoms with Crippen molar-refractivity contribution in [2.45, 2.75) is 47.0 Å². The van der Waals surface area contributed by atoms with Gasteiger partial charge >= 0.3 is 0 Å². The van der Waals surface area contributed by atoms with Crippen LogP contribution >= 0.6 is 34.5 Å². The van der Waals surface area contributed by atoms with Crippen molar-refractivity contribution in [2.24, 2.45) is 5.92 Å². The van der Waals surface area contributed by atoms with Crippen LogP contribution in [0.1, 0.15) is 56.6 Å². The maximum Gasteiger partial charge on any atom is 0.255 e. The summed E-state index contributed by atoms with van der Waals surface area (Å²) in [5.41, 5.74) is 0.906. The number of benzene rings is 1. The molecule has 0 saturated heterocycles. The van der Waals surface area contributed by atoms with Crippen LogP contribution < -0.4 is 5.32 Å². The summed E-state index contributed by atoms with van der Waals surface area (Å²) in [6.07, 6.45) is 1.99. The van der Waals surface area contributed by atoms with Gasteiger partial charge in [0.05, 0.1) is 22.7 Å². The first-order valence-electron chi connectivity index (χ1n) is 11.4. The normalized spacial score (nSPS) is 10.9. The third-order valence-corrected chi connectivity index (χ3v) is 6.19. The molecule has 10 heteroatoms. The summed E-state index contributed by atoms with van der Waals surface area (Å²) in [5, 5.41) is 5.58. The van der Waals surface area contributed by atoms with Crippen LogP contribution in [0.15, 0.2) is 23.6 Å². The minimum atomic E-state index is -0.370. The predicted molar refractivity (Wildman–Crippen MR) is 139 cm³/mol. The Hall–Kier alpha value is -2.16. The Labute approximate surface area is 215 Å². The van der Waals surface area contributed by atoms with Gasteiger partial charge in [-0.25, -0.2) is 4.98 Å². The molecule has 2 aromatic rings. The number of carbonyl (C=O) groups is 3. The van der Waals surface area contributed by atoms with E-state index in [2.05, 4.69) is 10.3 Å². The molecular formula is C24H32Cl2N4O3S. The van der Waals surface area contributed by atoms with Crippen molar-refractivity contribution in [3.63, 3.8) is 0 Å². The predicted octanol–water partition coefficient (Wildman–Crippen LogP) is 5.38. The lowest BCUT2D eigenvalue weighted by Crippen LogP contribution is -2.40. The van der Waals surface area contributed by atoms with Crippen LogP contribution in [0, 0.1) is 5.92 Å². The molecule has 0 aliphatic carbocycles. The Morgan fingerprint density at radius 2 is 1.76 bits per heavy atom. The van der Waals surface area contributed by atoms with Crippen LogP contribution in [-0.4, -0.2) is 58.7 Å². The van der Waals surface area contributed by atoms with Gasteiger partial charge in [0.2, 0.25) is 11.8 Å². The maximum absolute atomic E-state index is 13.1. The third-order valence-electron chi connectivity index (χ3n) is 4.84. The topological polar surface area (TPSA) is 82.6 Å². The molecule has 0 bridgehead atoms. The van der Waals surface area contributed by atoms with Gasteiger partial charge in [-0.3, -0.25) is 14.4 Å². The zero-order valence-electron chi connectivity index (χ0n) is 20.1. The second-order valence-electron chi connectivity index (χ2n) is 8.45. The molecule has 0 radical (unpaired) electrons. The molecule has 0 aliphatic rings. The lowest BCUT2D eigenvalue weighted by atomic mass is 10.1. The molecule has 1 aromatic heterocycles. The molecule has 7 nitrogen and oxygen atoms in total. The van der Waals surface area contributed by atoms with Gasteiger partial charge in [-0.15, -0.1) is 11.3 Å². The molecule has 0 fully saturated rings. The molecule has 0 saturated carbocycles. The van der Waals surface area contributed by atoms with E-state index in [0.29, 0.717) is 28.0 Å². The zero-order chi connectivity index (χ0) is 25.3. The fourth-order valence-corrected chi connectivity index (χ4v) is 4.65. The Morgan fingerprint density at radius 3 is 2.35 bits per heavy atom. The average Bonchev–Trinajstić information content (AvgIpc) is 3.18. The van der Waals surface area contributed by atoms with E-state index < -0.39 is 0 Å². The molecule has 0 spiro atoms. The monoisotopic (exact) mass is 526 g/mol. The van der Waals surface area contributed by atoms with E-state index in [-0.39, 0.29) is 41.6 Å². The summed E-state index contributed by atoms with van der Waals surface area (Å²) in [6, 6.07) is 4.65. The van der Waals surface area contributed by atoms with Gasteiger partial charge < -0.3 is 15.1 Å². The molecule has 0 atom stereocenters. The number of hydrogen-bond donors (Lipinski definition) is 1. The highest BCUT2D eigenvalue weighted by molar-refractivity contribution is 7.13. The molecule has 1 heterocycles. The number of carbonyl (C=O) groups excluding carboxylic acids is 3. The number of amides is 3. The van der Waals surface area contributed by atoms with Gasteiger partial charge in [0.1, 0.15) is 6.54 Å². The first-order valence-corrected chi connectivity index (χ1v) is 13.0. The van der Waals surface area contributed by atoms with Gasteiger partial charge in [-0.2, -0.15) is 0 Å². The van der Waals surface area contributed by atoms with E-state index in [4.69, 9.17) is 23.2 Å². The molecule has 1 N–H and O–H groups in total. The van der Waals surface area contributed by atoms with Crippen LogP contribution in [0.5, 0.6) is 0 Å². The average molecular weight is 528 g/mol. The Kier molecular flexibility index (Phi) is 11.3. The fraction of sp³-hybridized carbons (Fsp3) is 0.500. The number of hydrogen-bond acceptors (Lipinski definition) is 5. The lowest BCUT2D eigenvalue weighted by molar-refractivity contribution is -0.130. The lowest BCUT2D eigenvalue weighted by Gasteiger charge is -2.24. The zero-order valence-corrected chi connectivity index (χ0v) is 22.4. The van der Waals surface area contributed by atoms with Crippen LogP contribution in [-0.2, 0) is 16.0 Å². The first-order chi connectivity index (χ1) is 16.1. The number of thiazole rings is 1. The Balaban J connectivity index is 2.04. The highest BCUT2D eigenvalue weighted by Gasteiger charge is 2.23. The smallest absolute Gasteiger partial charge is 0.255 e. The second-order valence-corrected chi connectivity index (χ2v) is 10.2. The van der Waals surface area contributed by atoms with Gasteiger partial charge in [-0.1, -0.05) is 50.9 Å². The number of aromatic nitrogens is 1. The minimum Gasteiger partial charge on any atom is -0.342 e. The summed E-state index contributed by atoms with van der Waals surface area (Å²) in [5.74, 6) is -0.539. The van der Waals surface area contributed by atoms with Crippen LogP contribution in [0.25, 0.3) is 0 Å². The molecule has 2 rings (SSSR count). The van der Waals surface area contributed by atoms with Crippen molar-refractivity contribution in [3.05, 3.63) is 44.9 Å². The van der Waals surface area contributed by atoms with E-state index in [0.717, 1.165) is 25.9 Å². The largest absolute Gasteiger partial charge is 0.342 e. The van der Waals surface area contributed by atoms with E-state index >= 15 is 0 Å². The van der Waals surface area contributed by atoms with Gasteiger partial charge in [0.15, 0.2) is 5.13 Å². The summed E-state index contributed by atoms with van der Waals surface area (Å²) in [4.78, 5) is 46.0. The molecule has 34 heavy (non-hydrogen) atoms. The second kappa shape index (κ2) is 13.7. The molecule has 3 amide bonds. The highest BCUT2D eigenvalue weighted by Crippen LogP contribution is 2.23. The van der Waals surface area contributed by atoms with Gasteiger partial charge in [-0.05, 0) is 37.0 Å². The summed E-state index contributed by atoms with van der Waals surface area (Å²) in [7, 11) is 0. The van der Waals surface area contributed by atoms with E-state index in [1.807, 2.05) is 32.6 Å². The quantitative estimate of drug-likeness (QED) is 0.402. The van der Waals surface area contributed by atoms with E-state index in [9.17, 15) is 14.4 Å². The standard InChI is InChI=1S/C24H32Cl2N4O3S/c1-5-9-29(10-6-2)22(32)12-18-15-34-24(27-18)28-21(31)14-30(13-16(3)4)23(33)19-8-7-17(25)11-20(19)26/h7-8,11,15-16H,5-6,9-10,12-14H2,1-4H3,(H,27,28,31). The Bertz CT molecular complexity index is 990. The molecule has 186 valence electrons. The van der Waals surface area contributed by atoms with Crippen molar-refractivity contribution >= 4 is 57.4 Å². The SMILES string of the molecule is CCCN(CCC)C(=O)Cc1csc(NC(=O)CN(CC(C)C)C(=O)c2ccc(Cl)cc2Cl)n1. The molecule has 0 aliphatic heterocycles. The van der Waals surface area contributed by atoms with Crippen LogP contribution in [0.3, 0.4) is 0 Å². The summed E-state index contributed by atoms with van der Waals surface area (Å²) in [6.45, 7) is 9.69. The molecular weight excluding hydrogens is 495 g/mol. The van der Waals surface area contributed by atoms with E-state index in [1.54, 1.807) is 17.5 Å². The van der Waals surface area contributed by atoms with Crippen molar-refractivity contribution in [1.82, 2.24) is 14.8 Å². The first kappa shape index (κ1) is 28.1. The van der Waals surface area contributed by atoms with E-state index in [1.165, 1.54) is 22.3 Å². The van der Waals surface area contributed by atoms with Crippen molar-refractivity contribution in [2.75, 3.05) is 31.5 Å². The number of nitrogens with one attached hydrogen (secondary N) is 1. The van der Waals surface area contributed by atoms with Crippen LogP contribution in [0.4, 0.5) is 5.13 Å². The van der Waals surface area contributed by atoms with Gasteiger partial charge in [0.25, 0.3) is 5.91 Å². The number of halogens is 2. The van der Waals surface area contributed by atoms with Crippen molar-refractivity contribution in [1.29, 1.82) is 0 Å². The number of rotatable bonds is 12. The minimum absolute atomic E-state index is 0.0282. The third kappa shape index (κ3) is 8.56. The summed E-state index contributed by atoms with van der Waals surface area (Å²) >= 11 is 13.4. The van der Waals surface area contributed by atoms with Gasteiger partial charge in [0, 0.05) is 30.0 Å². The fourth-order valence-electron chi connectivity index (χ4n) is 3.44. The number of anilines is 1. The highest BCUT2D eigenvalue weighted by atomic mass is 35.5. The van der Waals surface area contributed by atoms with Crippen molar-refractivity contribution < 1.29 is 14.4 Å². The number of nitrogens with zero attached hydrogens (tertiary/aromatic N) is 3. The van der Waals surface area contributed by atoms with Crippen molar-refractivity contribution in [3.8, 4) is 0 Å². The maximum atomic E-state index is 13.1. The Morgan fingerprint density at radius 1 is 1.09 bits per heavy atom. The summed E-state index contributed by atoms with van der Waals surface area (Å²) < 4.78 is 0. The molecule has 1 aromatic carbocycles. The van der Waals surface area contributed by atoms with Crippen LogP contribution in [0.2, 0.25) is 10.0 Å².